The van der Waals surface area contributed by atoms with Crippen molar-refractivity contribution in [2.45, 2.75) is 51.1 Å². The highest BCUT2D eigenvalue weighted by Gasteiger charge is 2.41. The average Bonchev–Trinajstić information content (AvgIpc) is 2.89. The molecular formula is C28H28ClF6N3O2. The van der Waals surface area contributed by atoms with Gasteiger partial charge >= 0.3 is 12.4 Å². The first-order chi connectivity index (χ1) is 18.5. The Morgan fingerprint density at radius 2 is 1.52 bits per heavy atom. The molecule has 0 radical (unpaired) electrons. The Balaban J connectivity index is 2.11. The number of amides is 1. The molecule has 0 aliphatic carbocycles. The van der Waals surface area contributed by atoms with E-state index in [4.69, 9.17) is 11.6 Å². The minimum Gasteiger partial charge on any atom is -0.391 e. The fourth-order valence-electron chi connectivity index (χ4n) is 4.04. The van der Waals surface area contributed by atoms with Crippen LogP contribution in [-0.4, -0.2) is 35.7 Å². The number of nitrogens with zero attached hydrogens (tertiary/aromatic N) is 2. The Morgan fingerprint density at radius 1 is 0.975 bits per heavy atom. The number of aromatic nitrogens is 1. The molecule has 0 saturated heterocycles. The van der Waals surface area contributed by atoms with Gasteiger partial charge in [0.05, 0.1) is 34.5 Å². The first-order valence-electron chi connectivity index (χ1n) is 12.2. The number of likely N-dealkylation sites (N-methyl/N-ethyl adjacent to an activating group) is 1. The van der Waals surface area contributed by atoms with Crippen molar-refractivity contribution in [1.82, 2.24) is 4.98 Å². The van der Waals surface area contributed by atoms with E-state index in [0.717, 1.165) is 4.90 Å². The van der Waals surface area contributed by atoms with Gasteiger partial charge in [0.25, 0.3) is 0 Å². The molecule has 2 N–H and O–H groups in total. The van der Waals surface area contributed by atoms with Crippen molar-refractivity contribution in [1.29, 1.82) is 0 Å². The number of alkyl halides is 6. The number of aliphatic hydroxyl groups excluding tert-OH is 1. The summed E-state index contributed by atoms with van der Waals surface area (Å²) in [5.74, 6) is -0.420. The van der Waals surface area contributed by atoms with Gasteiger partial charge in [-0.1, -0.05) is 36.7 Å². The van der Waals surface area contributed by atoms with Crippen LogP contribution in [0.5, 0.6) is 0 Å². The normalized spacial score (nSPS) is 13.2. The van der Waals surface area contributed by atoms with Gasteiger partial charge in [-0.2, -0.15) is 26.3 Å². The lowest BCUT2D eigenvalue weighted by atomic mass is 9.81. The van der Waals surface area contributed by atoms with E-state index in [1.807, 2.05) is 6.92 Å². The van der Waals surface area contributed by atoms with Crippen molar-refractivity contribution in [3.8, 4) is 11.1 Å². The second kappa shape index (κ2) is 11.7. The maximum absolute atomic E-state index is 13.7. The molecule has 0 spiro atoms. The standard InChI is InChI=1S/C28H28ClF6N3O2/c1-5-19(39)14-36-24-13-21(20-8-6-7-9-22(20)29)23(15-37-24)38(4)25(40)26(2,3)16-10-17(27(30,31)32)12-18(11-16)28(33,34)35/h6-13,15,19,39H,5,14H2,1-4H3,(H,36,37). The number of pyridine rings is 1. The zero-order chi connectivity index (χ0) is 30.0. The second-order valence-electron chi connectivity index (χ2n) is 9.79. The third-order valence-electron chi connectivity index (χ3n) is 6.55. The predicted octanol–water partition coefficient (Wildman–Crippen LogP) is 7.56. The lowest BCUT2D eigenvalue weighted by Crippen LogP contribution is -2.42. The molecule has 1 atom stereocenters. The zero-order valence-electron chi connectivity index (χ0n) is 22.1. The highest BCUT2D eigenvalue weighted by molar-refractivity contribution is 6.33. The number of hydrogen-bond acceptors (Lipinski definition) is 4. The Hall–Kier alpha value is -3.31. The fraction of sp³-hybridized carbons (Fsp3) is 0.357. The van der Waals surface area contributed by atoms with Gasteiger partial charge in [0.2, 0.25) is 5.91 Å². The van der Waals surface area contributed by atoms with Crippen LogP contribution in [0.4, 0.5) is 37.8 Å². The average molecular weight is 588 g/mol. The van der Waals surface area contributed by atoms with Crippen LogP contribution in [0.15, 0.2) is 54.7 Å². The molecule has 40 heavy (non-hydrogen) atoms. The quantitative estimate of drug-likeness (QED) is 0.267. The van der Waals surface area contributed by atoms with E-state index in [1.54, 1.807) is 30.3 Å². The smallest absolute Gasteiger partial charge is 0.391 e. The zero-order valence-corrected chi connectivity index (χ0v) is 22.8. The van der Waals surface area contributed by atoms with E-state index in [9.17, 15) is 36.2 Å². The molecule has 216 valence electrons. The second-order valence-corrected chi connectivity index (χ2v) is 10.2. The molecule has 1 amide bonds. The van der Waals surface area contributed by atoms with Gasteiger partial charge in [-0.15, -0.1) is 0 Å². The summed E-state index contributed by atoms with van der Waals surface area (Å²) in [6, 6.07) is 9.47. The number of nitrogens with one attached hydrogen (secondary N) is 1. The van der Waals surface area contributed by atoms with Gasteiger partial charge in [0.1, 0.15) is 5.82 Å². The summed E-state index contributed by atoms with van der Waals surface area (Å²) < 4.78 is 81.0. The highest BCUT2D eigenvalue weighted by atomic mass is 35.5. The molecule has 12 heteroatoms. The summed E-state index contributed by atoms with van der Waals surface area (Å²) in [7, 11) is 1.35. The van der Waals surface area contributed by atoms with Crippen LogP contribution in [0, 0.1) is 0 Å². The fourth-order valence-corrected chi connectivity index (χ4v) is 4.28. The van der Waals surface area contributed by atoms with Crippen LogP contribution < -0.4 is 10.2 Å². The van der Waals surface area contributed by atoms with Crippen LogP contribution in [0.3, 0.4) is 0 Å². The van der Waals surface area contributed by atoms with Crippen molar-refractivity contribution in [3.63, 3.8) is 0 Å². The molecule has 0 aliphatic heterocycles. The van der Waals surface area contributed by atoms with Crippen LogP contribution in [0.1, 0.15) is 43.9 Å². The number of hydrogen-bond donors (Lipinski definition) is 2. The van der Waals surface area contributed by atoms with Crippen LogP contribution in [0.25, 0.3) is 11.1 Å². The molecule has 0 saturated carbocycles. The van der Waals surface area contributed by atoms with E-state index in [0.29, 0.717) is 40.5 Å². The number of halogens is 7. The van der Waals surface area contributed by atoms with E-state index in [1.165, 1.54) is 27.1 Å². The predicted molar refractivity (Wildman–Crippen MR) is 142 cm³/mol. The number of aliphatic hydroxyl groups is 1. The lowest BCUT2D eigenvalue weighted by Gasteiger charge is -2.32. The molecule has 3 aromatic rings. The largest absolute Gasteiger partial charge is 0.416 e. The van der Waals surface area contributed by atoms with E-state index in [-0.39, 0.29) is 18.3 Å². The summed E-state index contributed by atoms with van der Waals surface area (Å²) in [5, 5.41) is 13.2. The minimum atomic E-state index is -5.06. The number of carbonyl (C=O) groups is 1. The molecule has 0 aliphatic rings. The molecule has 1 unspecified atom stereocenters. The van der Waals surface area contributed by atoms with Crippen molar-refractivity contribution in [2.75, 3.05) is 23.8 Å². The molecule has 1 aromatic heterocycles. The minimum absolute atomic E-state index is 0.0222. The summed E-state index contributed by atoms with van der Waals surface area (Å²) in [6.45, 7) is 4.52. The summed E-state index contributed by atoms with van der Waals surface area (Å²) in [5.41, 5.74) is -4.12. The maximum atomic E-state index is 13.7. The van der Waals surface area contributed by atoms with Crippen LogP contribution in [0.2, 0.25) is 5.02 Å². The van der Waals surface area contributed by atoms with E-state index in [2.05, 4.69) is 10.3 Å². The lowest BCUT2D eigenvalue weighted by molar-refractivity contribution is -0.143. The summed E-state index contributed by atoms with van der Waals surface area (Å²) in [4.78, 5) is 19.2. The third-order valence-corrected chi connectivity index (χ3v) is 6.88. The molecule has 3 rings (SSSR count). The van der Waals surface area contributed by atoms with Crippen LogP contribution >= 0.6 is 11.6 Å². The summed E-state index contributed by atoms with van der Waals surface area (Å²) in [6.07, 6.45) is -8.91. The van der Waals surface area contributed by atoms with Crippen molar-refractivity contribution >= 4 is 29.0 Å². The molecule has 1 heterocycles. The van der Waals surface area contributed by atoms with E-state index < -0.39 is 46.5 Å². The monoisotopic (exact) mass is 587 g/mol. The van der Waals surface area contributed by atoms with Crippen molar-refractivity contribution in [3.05, 3.63) is 76.4 Å². The Kier molecular flexibility index (Phi) is 9.10. The molecule has 2 aromatic carbocycles. The maximum Gasteiger partial charge on any atom is 0.416 e. The SMILES string of the molecule is CCC(O)CNc1cc(-c2ccccc2Cl)c(N(C)C(=O)C(C)(C)c2cc(C(F)(F)F)cc(C(F)(F)F)c2)cn1. The van der Waals surface area contributed by atoms with Crippen LogP contribution in [-0.2, 0) is 22.6 Å². The third kappa shape index (κ3) is 6.87. The molecule has 5 nitrogen and oxygen atoms in total. The molecule has 0 fully saturated rings. The van der Waals surface area contributed by atoms with Crippen molar-refractivity contribution in [2.24, 2.45) is 0 Å². The van der Waals surface area contributed by atoms with Gasteiger partial charge in [-0.05, 0) is 56.2 Å². The number of benzene rings is 2. The Bertz CT molecular complexity index is 1340. The Labute approximate surface area is 232 Å². The number of rotatable bonds is 8. The topological polar surface area (TPSA) is 65.5 Å². The highest BCUT2D eigenvalue weighted by Crippen LogP contribution is 2.41. The van der Waals surface area contributed by atoms with Gasteiger partial charge < -0.3 is 15.3 Å². The molecular weight excluding hydrogens is 560 g/mol. The van der Waals surface area contributed by atoms with Crippen molar-refractivity contribution < 1.29 is 36.2 Å². The van der Waals surface area contributed by atoms with Gasteiger partial charge in [0.15, 0.2) is 0 Å². The van der Waals surface area contributed by atoms with Gasteiger partial charge in [-0.3, -0.25) is 4.79 Å². The first kappa shape index (κ1) is 31.2. The van der Waals surface area contributed by atoms with Gasteiger partial charge in [0, 0.05) is 29.7 Å². The first-order valence-corrected chi connectivity index (χ1v) is 12.6. The number of carbonyl (C=O) groups excluding carboxylic acids is 1. The molecule has 0 bridgehead atoms. The number of anilines is 2. The van der Waals surface area contributed by atoms with Gasteiger partial charge in [-0.25, -0.2) is 4.98 Å². The summed E-state index contributed by atoms with van der Waals surface area (Å²) >= 11 is 6.43. The van der Waals surface area contributed by atoms with E-state index >= 15 is 0 Å². The Morgan fingerprint density at radius 3 is 2.05 bits per heavy atom.